The van der Waals surface area contributed by atoms with E-state index in [0.29, 0.717) is 5.96 Å². The van der Waals surface area contributed by atoms with Crippen LogP contribution in [-0.4, -0.2) is 44.0 Å². The zero-order valence-corrected chi connectivity index (χ0v) is 17.2. The number of unbranched alkanes of at least 4 members (excludes halogenated alkanes) is 1. The summed E-state index contributed by atoms with van der Waals surface area (Å²) in [6.07, 6.45) is 4.83. The Labute approximate surface area is 162 Å². The Balaban J connectivity index is 0.00000529. The Hall–Kier alpha value is -1.57. The molecule has 134 valence electrons. The van der Waals surface area contributed by atoms with Gasteiger partial charge in [0.15, 0.2) is 5.96 Å². The highest BCUT2D eigenvalue weighted by atomic mass is 127. The molecule has 2 N–H and O–H groups in total. The normalized spacial score (nSPS) is 10.5. The molecule has 0 bridgehead atoms. The van der Waals surface area contributed by atoms with Gasteiger partial charge in [-0.25, -0.2) is 0 Å². The lowest BCUT2D eigenvalue weighted by atomic mass is 10.1. The smallest absolute Gasteiger partial charge is 0.243 e. The van der Waals surface area contributed by atoms with Crippen molar-refractivity contribution in [2.75, 3.05) is 32.5 Å². The van der Waals surface area contributed by atoms with Crippen molar-refractivity contribution in [1.29, 1.82) is 0 Å². The first-order valence-corrected chi connectivity index (χ1v) is 8.02. The molecule has 0 aromatic heterocycles. The molecule has 0 aliphatic carbocycles. The highest BCUT2D eigenvalue weighted by Crippen LogP contribution is 2.10. The Morgan fingerprint density at radius 2 is 2.17 bits per heavy atom. The molecule has 1 aromatic carbocycles. The van der Waals surface area contributed by atoms with Crippen molar-refractivity contribution in [3.05, 3.63) is 42.5 Å². The minimum absolute atomic E-state index is 0. The maximum absolute atomic E-state index is 12.1. The number of rotatable bonds is 8. The highest BCUT2D eigenvalue weighted by molar-refractivity contribution is 14.0. The van der Waals surface area contributed by atoms with E-state index in [2.05, 4.69) is 29.1 Å². The van der Waals surface area contributed by atoms with Gasteiger partial charge in [-0.2, -0.15) is 0 Å². The molecular weight excluding hydrogens is 415 g/mol. The number of carbonyl (C=O) groups is 1. The summed E-state index contributed by atoms with van der Waals surface area (Å²) in [4.78, 5) is 18.3. The first-order chi connectivity index (χ1) is 11.1. The number of nitrogens with zero attached hydrogens (tertiary/aromatic N) is 2. The van der Waals surface area contributed by atoms with Gasteiger partial charge in [-0.3, -0.25) is 9.79 Å². The van der Waals surface area contributed by atoms with Crippen molar-refractivity contribution in [3.63, 3.8) is 0 Å². The molecule has 0 fully saturated rings. The molecule has 0 atom stereocenters. The number of aliphatic imine (C=N–C) groups is 1. The predicted octanol–water partition coefficient (Wildman–Crippen LogP) is 3.28. The van der Waals surface area contributed by atoms with Crippen LogP contribution in [0.15, 0.2) is 41.9 Å². The van der Waals surface area contributed by atoms with E-state index in [-0.39, 0.29) is 36.4 Å². The summed E-state index contributed by atoms with van der Waals surface area (Å²) >= 11 is 0. The third-order valence-electron chi connectivity index (χ3n) is 3.50. The fourth-order valence-corrected chi connectivity index (χ4v) is 2.20. The average Bonchev–Trinajstić information content (AvgIpc) is 2.55. The van der Waals surface area contributed by atoms with Gasteiger partial charge in [0.2, 0.25) is 5.91 Å². The lowest BCUT2D eigenvalue weighted by Crippen LogP contribution is -2.42. The maximum atomic E-state index is 12.1. The van der Waals surface area contributed by atoms with E-state index in [4.69, 9.17) is 0 Å². The summed E-state index contributed by atoms with van der Waals surface area (Å²) in [6.45, 7) is 6.87. The number of benzene rings is 1. The summed E-state index contributed by atoms with van der Waals surface area (Å²) in [5, 5.41) is 5.98. The number of carbonyl (C=O) groups excluding carboxylic acids is 1. The highest BCUT2D eigenvalue weighted by Gasteiger charge is 2.08. The Kier molecular flexibility index (Phi) is 12.0. The molecule has 5 nitrogen and oxygen atoms in total. The zero-order valence-electron chi connectivity index (χ0n) is 14.8. The van der Waals surface area contributed by atoms with E-state index < -0.39 is 0 Å². The van der Waals surface area contributed by atoms with E-state index >= 15 is 0 Å². The van der Waals surface area contributed by atoms with E-state index in [9.17, 15) is 4.79 Å². The van der Waals surface area contributed by atoms with Crippen LogP contribution >= 0.6 is 24.0 Å². The lowest BCUT2D eigenvalue weighted by molar-refractivity contribution is -0.115. The Bertz CT molecular complexity index is 546. The third-order valence-corrected chi connectivity index (χ3v) is 3.50. The predicted molar refractivity (Wildman–Crippen MR) is 113 cm³/mol. The molecule has 0 aliphatic heterocycles. The van der Waals surface area contributed by atoms with Crippen LogP contribution in [0.5, 0.6) is 0 Å². The fourth-order valence-electron chi connectivity index (χ4n) is 2.20. The van der Waals surface area contributed by atoms with Crippen LogP contribution in [0.4, 0.5) is 5.69 Å². The molecule has 0 radical (unpaired) electrons. The Morgan fingerprint density at radius 1 is 1.42 bits per heavy atom. The molecule has 0 spiro atoms. The van der Waals surface area contributed by atoms with Crippen molar-refractivity contribution < 1.29 is 4.79 Å². The van der Waals surface area contributed by atoms with Crippen LogP contribution in [0.1, 0.15) is 25.3 Å². The van der Waals surface area contributed by atoms with Crippen LogP contribution in [0.2, 0.25) is 0 Å². The van der Waals surface area contributed by atoms with Crippen LogP contribution in [0.25, 0.3) is 0 Å². The maximum Gasteiger partial charge on any atom is 0.243 e. The van der Waals surface area contributed by atoms with Crippen molar-refractivity contribution in [3.8, 4) is 0 Å². The van der Waals surface area contributed by atoms with E-state index in [0.717, 1.165) is 31.5 Å². The number of allylic oxidation sites excluding steroid dienone is 1. The fraction of sp³-hybridized carbons (Fsp3) is 0.444. The SMILES string of the molecule is C=CCCCN(C)C(=NC)NCC(=O)Nc1cccc(CC)c1.I. The quantitative estimate of drug-likeness (QED) is 0.213. The molecule has 0 heterocycles. The number of nitrogens with one attached hydrogen (secondary N) is 2. The average molecular weight is 444 g/mol. The zero-order chi connectivity index (χ0) is 17.1. The molecule has 1 aromatic rings. The van der Waals surface area contributed by atoms with E-state index in [1.165, 1.54) is 5.56 Å². The molecule has 0 saturated carbocycles. The van der Waals surface area contributed by atoms with Crippen molar-refractivity contribution in [2.45, 2.75) is 26.2 Å². The third kappa shape index (κ3) is 8.33. The van der Waals surface area contributed by atoms with Gasteiger partial charge in [0, 0.05) is 26.3 Å². The molecule has 0 aliphatic rings. The molecule has 0 unspecified atom stereocenters. The number of hydrogen-bond acceptors (Lipinski definition) is 2. The van der Waals surface area contributed by atoms with Crippen molar-refractivity contribution >= 4 is 41.5 Å². The molecule has 1 rings (SSSR count). The summed E-state index contributed by atoms with van der Waals surface area (Å²) < 4.78 is 0. The molecule has 1 amide bonds. The molecular formula is C18H29IN4O. The molecule has 0 saturated heterocycles. The van der Waals surface area contributed by atoms with E-state index in [1.807, 2.05) is 42.3 Å². The van der Waals surface area contributed by atoms with Crippen LogP contribution in [0.3, 0.4) is 0 Å². The largest absolute Gasteiger partial charge is 0.347 e. The van der Waals surface area contributed by atoms with Gasteiger partial charge in [-0.1, -0.05) is 25.1 Å². The second-order valence-corrected chi connectivity index (χ2v) is 5.36. The monoisotopic (exact) mass is 444 g/mol. The first kappa shape index (κ1) is 22.4. The molecule has 6 heteroatoms. The second-order valence-electron chi connectivity index (χ2n) is 5.36. The number of amides is 1. The second kappa shape index (κ2) is 12.8. The van der Waals surface area contributed by atoms with Crippen LogP contribution in [0, 0.1) is 0 Å². The summed E-state index contributed by atoms with van der Waals surface area (Å²) in [5.41, 5.74) is 2.03. The standard InChI is InChI=1S/C18H28N4O.HI/c1-5-7-8-12-22(4)18(19-3)20-14-17(23)21-16-11-9-10-15(6-2)13-16;/h5,9-11,13H,1,6-8,12,14H2,2-4H3,(H,19,20)(H,21,23);1H. The van der Waals surface area contributed by atoms with Gasteiger partial charge in [0.1, 0.15) is 0 Å². The number of guanidine groups is 1. The van der Waals surface area contributed by atoms with Gasteiger partial charge in [-0.05, 0) is 37.0 Å². The Morgan fingerprint density at radius 3 is 2.79 bits per heavy atom. The number of aryl methyl sites for hydroxylation is 1. The summed E-state index contributed by atoms with van der Waals surface area (Å²) in [6, 6.07) is 7.89. The van der Waals surface area contributed by atoms with Crippen molar-refractivity contribution in [1.82, 2.24) is 10.2 Å². The molecule has 24 heavy (non-hydrogen) atoms. The minimum Gasteiger partial charge on any atom is -0.347 e. The van der Waals surface area contributed by atoms with Crippen LogP contribution in [-0.2, 0) is 11.2 Å². The van der Waals surface area contributed by atoms with Gasteiger partial charge in [0.25, 0.3) is 0 Å². The summed E-state index contributed by atoms with van der Waals surface area (Å²) in [7, 11) is 3.68. The number of hydrogen-bond donors (Lipinski definition) is 2. The van der Waals surface area contributed by atoms with Gasteiger partial charge >= 0.3 is 0 Å². The van der Waals surface area contributed by atoms with Crippen LogP contribution < -0.4 is 10.6 Å². The minimum atomic E-state index is -0.0844. The van der Waals surface area contributed by atoms with Gasteiger partial charge < -0.3 is 15.5 Å². The van der Waals surface area contributed by atoms with Crippen molar-refractivity contribution in [2.24, 2.45) is 4.99 Å². The first-order valence-electron chi connectivity index (χ1n) is 8.02. The summed E-state index contributed by atoms with van der Waals surface area (Å²) in [5.74, 6) is 0.630. The van der Waals surface area contributed by atoms with Gasteiger partial charge in [-0.15, -0.1) is 30.6 Å². The van der Waals surface area contributed by atoms with E-state index in [1.54, 1.807) is 7.05 Å². The number of anilines is 1. The lowest BCUT2D eigenvalue weighted by Gasteiger charge is -2.21. The topological polar surface area (TPSA) is 56.7 Å². The number of halogens is 1. The van der Waals surface area contributed by atoms with Gasteiger partial charge in [0.05, 0.1) is 6.54 Å².